The summed E-state index contributed by atoms with van der Waals surface area (Å²) in [5.74, 6) is 0. The zero-order chi connectivity index (χ0) is 5.11. The summed E-state index contributed by atoms with van der Waals surface area (Å²) < 4.78 is 0. The predicted molar refractivity (Wildman–Crippen MR) is 42.2 cm³/mol. The first-order chi connectivity index (χ1) is 3.39. The molecule has 0 saturated heterocycles. The topological polar surface area (TPSA) is 0 Å². The second kappa shape index (κ2) is 4.36. The summed E-state index contributed by atoms with van der Waals surface area (Å²) in [5, 5.41) is 0. The summed E-state index contributed by atoms with van der Waals surface area (Å²) in [5.41, 5.74) is 0. The second-order valence-electron chi connectivity index (χ2n) is 1.34. The molecule has 0 unspecified atom stereocenters. The van der Waals surface area contributed by atoms with Gasteiger partial charge in [0.15, 0.2) is 0 Å². The van der Waals surface area contributed by atoms with Gasteiger partial charge in [-0.1, -0.05) is 18.2 Å². The number of benzene rings is 1. The molecular formula is C6H8PoS. The van der Waals surface area contributed by atoms with E-state index in [9.17, 15) is 0 Å². The Hall–Kier alpha value is 0.466. The van der Waals surface area contributed by atoms with Gasteiger partial charge in [-0.3, -0.25) is 0 Å². The van der Waals surface area contributed by atoms with E-state index in [2.05, 4.69) is 12.6 Å². The summed E-state index contributed by atoms with van der Waals surface area (Å²) in [6, 6.07) is 9.79. The standard InChI is InChI=1S/C6H6S.Po.2H/c7-6-4-2-1-3-5-6;;;/h1-5,7H;;;. The fourth-order valence-corrected chi connectivity index (χ4v) is 0.600. The molecule has 0 atom stereocenters. The molecule has 0 radical (unpaired) electrons. The molecule has 0 amide bonds. The Kier molecular flexibility index (Phi) is 4.61. The summed E-state index contributed by atoms with van der Waals surface area (Å²) >= 11 is 4.08. The van der Waals surface area contributed by atoms with Crippen molar-refractivity contribution in [2.24, 2.45) is 0 Å². The fraction of sp³-hybridized carbons (Fsp3) is 0. The molecule has 0 aliphatic carbocycles. The second-order valence-corrected chi connectivity index (χ2v) is 1.85. The first kappa shape index (κ1) is 8.47. The molecule has 0 bridgehead atoms. The Morgan fingerprint density at radius 3 is 1.75 bits per heavy atom. The Bertz CT molecular complexity index is 138. The third-order valence-corrected chi connectivity index (χ3v) is 1.05. The van der Waals surface area contributed by atoms with Crippen LogP contribution in [0.1, 0.15) is 0 Å². The van der Waals surface area contributed by atoms with Gasteiger partial charge in [0.2, 0.25) is 0 Å². The van der Waals surface area contributed by atoms with E-state index in [0.29, 0.717) is 0 Å². The van der Waals surface area contributed by atoms with E-state index in [4.69, 9.17) is 0 Å². The number of rotatable bonds is 0. The van der Waals surface area contributed by atoms with Crippen LogP contribution in [0.3, 0.4) is 0 Å². The van der Waals surface area contributed by atoms with Crippen LogP contribution >= 0.6 is 12.6 Å². The monoisotopic (exact) mass is 321 g/mol. The van der Waals surface area contributed by atoms with Crippen LogP contribution in [-0.4, -0.2) is 26.6 Å². The minimum absolute atomic E-state index is 0. The molecule has 2 heteroatoms. The summed E-state index contributed by atoms with van der Waals surface area (Å²) in [6.07, 6.45) is 0. The van der Waals surface area contributed by atoms with Crippen molar-refractivity contribution in [1.82, 2.24) is 0 Å². The Morgan fingerprint density at radius 2 is 1.50 bits per heavy atom. The average molecular weight is 321 g/mol. The predicted octanol–water partition coefficient (Wildman–Crippen LogP) is 1.06. The molecule has 1 aromatic rings. The summed E-state index contributed by atoms with van der Waals surface area (Å²) in [6.45, 7) is 0. The molecule has 1 rings (SSSR count). The van der Waals surface area contributed by atoms with Crippen LogP contribution in [0.25, 0.3) is 0 Å². The van der Waals surface area contributed by atoms with Crippen molar-refractivity contribution in [2.45, 2.75) is 4.90 Å². The molecule has 0 aromatic heterocycles. The molecule has 44 valence electrons. The summed E-state index contributed by atoms with van der Waals surface area (Å²) in [7, 11) is 0. The molecule has 0 heterocycles. The van der Waals surface area contributed by atoms with Crippen LogP contribution in [0, 0.1) is 0 Å². The van der Waals surface area contributed by atoms with Crippen molar-refractivity contribution < 1.29 is 0 Å². The van der Waals surface area contributed by atoms with Gasteiger partial charge in [-0.05, 0) is 12.1 Å². The maximum atomic E-state index is 4.08. The van der Waals surface area contributed by atoms with Gasteiger partial charge < -0.3 is 0 Å². The number of thiol groups is 1. The molecule has 1 aromatic carbocycles. The van der Waals surface area contributed by atoms with E-state index in [0.717, 1.165) is 4.90 Å². The van der Waals surface area contributed by atoms with Crippen LogP contribution in [-0.2, 0) is 0 Å². The van der Waals surface area contributed by atoms with Gasteiger partial charge >= 0.3 is 26.6 Å². The quantitative estimate of drug-likeness (QED) is 0.679. The van der Waals surface area contributed by atoms with Gasteiger partial charge in [0.25, 0.3) is 0 Å². The van der Waals surface area contributed by atoms with Crippen molar-refractivity contribution in [2.75, 3.05) is 0 Å². The van der Waals surface area contributed by atoms with Crippen LogP contribution in [0.15, 0.2) is 35.2 Å². The summed E-state index contributed by atoms with van der Waals surface area (Å²) in [4.78, 5) is 1.02. The Labute approximate surface area is 74.2 Å². The minimum atomic E-state index is 0. The van der Waals surface area contributed by atoms with E-state index in [-0.39, 0.29) is 26.6 Å². The van der Waals surface area contributed by atoms with E-state index in [1.54, 1.807) is 0 Å². The van der Waals surface area contributed by atoms with Crippen LogP contribution in [0.5, 0.6) is 0 Å². The van der Waals surface area contributed by atoms with Crippen molar-refractivity contribution in [1.29, 1.82) is 0 Å². The molecular weight excluding hydrogens is 313 g/mol. The van der Waals surface area contributed by atoms with Gasteiger partial charge in [-0.15, -0.1) is 12.6 Å². The normalized spacial score (nSPS) is 7.62. The Balaban J connectivity index is 0.000000490. The van der Waals surface area contributed by atoms with Gasteiger partial charge in [0.05, 0.1) is 0 Å². The van der Waals surface area contributed by atoms with Crippen molar-refractivity contribution in [3.05, 3.63) is 30.3 Å². The van der Waals surface area contributed by atoms with E-state index in [1.807, 2.05) is 30.3 Å². The molecule has 0 aliphatic heterocycles. The molecule has 8 heavy (non-hydrogen) atoms. The Morgan fingerprint density at radius 1 is 1.00 bits per heavy atom. The van der Waals surface area contributed by atoms with Crippen molar-refractivity contribution in [3.8, 4) is 0 Å². The van der Waals surface area contributed by atoms with Gasteiger partial charge in [-0.25, -0.2) is 0 Å². The number of hydrogen-bond acceptors (Lipinski definition) is 1. The van der Waals surface area contributed by atoms with Gasteiger partial charge in [-0.2, -0.15) is 0 Å². The molecule has 0 spiro atoms. The molecule has 0 N–H and O–H groups in total. The van der Waals surface area contributed by atoms with Crippen LogP contribution in [0.2, 0.25) is 0 Å². The first-order valence-electron chi connectivity index (χ1n) is 2.13. The van der Waals surface area contributed by atoms with Crippen molar-refractivity contribution in [3.63, 3.8) is 0 Å². The van der Waals surface area contributed by atoms with Gasteiger partial charge in [0, 0.05) is 4.90 Å². The van der Waals surface area contributed by atoms with Crippen LogP contribution in [0.4, 0.5) is 0 Å². The molecule has 0 fully saturated rings. The SMILES string of the molecule is Sc1ccccc1.[PoH2]. The average Bonchev–Trinajstić information content (AvgIpc) is 1.69. The fourth-order valence-electron chi connectivity index (χ4n) is 0.428. The molecule has 0 nitrogen and oxygen atoms in total. The third-order valence-electron chi connectivity index (χ3n) is 0.756. The number of hydrogen-bond donors (Lipinski definition) is 1. The van der Waals surface area contributed by atoms with E-state index >= 15 is 0 Å². The molecule has 0 aliphatic rings. The van der Waals surface area contributed by atoms with Gasteiger partial charge in [0.1, 0.15) is 0 Å². The maximum absolute atomic E-state index is 4.08. The zero-order valence-corrected chi connectivity index (χ0v) is 9.12. The van der Waals surface area contributed by atoms with E-state index in [1.165, 1.54) is 0 Å². The van der Waals surface area contributed by atoms with Crippen molar-refractivity contribution >= 4 is 39.2 Å². The first-order valence-corrected chi connectivity index (χ1v) is 2.58. The van der Waals surface area contributed by atoms with E-state index < -0.39 is 0 Å². The zero-order valence-electron chi connectivity index (χ0n) is 4.33. The van der Waals surface area contributed by atoms with Crippen LogP contribution < -0.4 is 0 Å². The third kappa shape index (κ3) is 2.70. The molecule has 0 saturated carbocycles.